The summed E-state index contributed by atoms with van der Waals surface area (Å²) in [5, 5.41) is 2.57. The number of nitrogens with zero attached hydrogens (tertiary/aromatic N) is 1. The summed E-state index contributed by atoms with van der Waals surface area (Å²) >= 11 is 0. The van der Waals surface area contributed by atoms with Gasteiger partial charge in [0.1, 0.15) is 0 Å². The van der Waals surface area contributed by atoms with Gasteiger partial charge in [-0.1, -0.05) is 90.5 Å². The smallest absolute Gasteiger partial charge is 0.0541 e. The van der Waals surface area contributed by atoms with E-state index in [1.165, 1.54) is 52.6 Å². The minimum atomic E-state index is -1.71. The zero-order chi connectivity index (χ0) is 26.2. The quantitative estimate of drug-likeness (QED) is 0.213. The molecular weight excluding hydrogens is 490 g/mol. The van der Waals surface area contributed by atoms with Crippen LogP contribution in [0.25, 0.3) is 27.5 Å². The monoisotopic (exact) mass is 519 g/mol. The molecule has 0 unspecified atom stereocenters. The second-order valence-electron chi connectivity index (χ2n) is 9.92. The van der Waals surface area contributed by atoms with Crippen molar-refractivity contribution in [1.29, 1.82) is 0 Å². The first-order chi connectivity index (χ1) is 19.3. The number of hydrogen-bond acceptors (Lipinski definition) is 0. The minimum Gasteiger partial charge on any atom is -0.309 e. The number of aromatic nitrogens is 1. The number of aryl methyl sites for hydroxylation is 1. The highest BCUT2D eigenvalue weighted by molar-refractivity contribution is 8.34. The molecular formula is C37H29NS. The standard InChI is InChI=1S/C37H29NS/c1-28-20-24-32(25-21-28)39(30-12-4-2-5-13-30,31-14-6-3-7-15-31)33-26-22-29(23-27-33)38-36-18-10-8-16-34(36)35-17-9-11-19-37(35)38/h2-27H,1H3. The van der Waals surface area contributed by atoms with E-state index in [9.17, 15) is 0 Å². The second-order valence-corrected chi connectivity index (χ2v) is 13.0. The van der Waals surface area contributed by atoms with Crippen LogP contribution in [-0.4, -0.2) is 4.57 Å². The van der Waals surface area contributed by atoms with Crippen LogP contribution in [0.15, 0.2) is 177 Å². The van der Waals surface area contributed by atoms with Crippen molar-refractivity contribution >= 4 is 31.8 Å². The topological polar surface area (TPSA) is 4.93 Å². The number of fused-ring (bicyclic) bond motifs is 3. The van der Waals surface area contributed by atoms with Crippen LogP contribution >= 0.6 is 10.0 Å². The van der Waals surface area contributed by atoms with Crippen molar-refractivity contribution in [2.24, 2.45) is 0 Å². The number of para-hydroxylation sites is 2. The summed E-state index contributed by atoms with van der Waals surface area (Å²) in [6.45, 7) is 2.16. The molecule has 0 atom stereocenters. The maximum atomic E-state index is 2.39. The SMILES string of the molecule is Cc1ccc(S(c2ccccc2)(c2ccccc2)c2ccc(-n3c4ccccc4c4ccccc43)cc2)cc1. The fourth-order valence-electron chi connectivity index (χ4n) is 5.81. The van der Waals surface area contributed by atoms with Crippen molar-refractivity contribution in [1.82, 2.24) is 4.57 Å². The lowest BCUT2D eigenvalue weighted by Crippen LogP contribution is -2.05. The van der Waals surface area contributed by atoms with Crippen molar-refractivity contribution in [3.8, 4) is 5.69 Å². The Kier molecular flexibility index (Phi) is 5.83. The average Bonchev–Trinajstić information content (AvgIpc) is 3.34. The molecule has 1 aromatic heterocycles. The fourth-order valence-corrected chi connectivity index (χ4v) is 9.66. The first-order valence-electron chi connectivity index (χ1n) is 13.4. The molecule has 7 aromatic rings. The first kappa shape index (κ1) is 23.6. The van der Waals surface area contributed by atoms with E-state index in [0.29, 0.717) is 0 Å². The average molecular weight is 520 g/mol. The first-order valence-corrected chi connectivity index (χ1v) is 15.0. The van der Waals surface area contributed by atoms with Crippen LogP contribution < -0.4 is 0 Å². The molecule has 1 heterocycles. The molecule has 7 rings (SSSR count). The summed E-state index contributed by atoms with van der Waals surface area (Å²) < 4.78 is 2.39. The molecule has 0 aliphatic carbocycles. The molecule has 0 aliphatic heterocycles. The van der Waals surface area contributed by atoms with Crippen LogP contribution in [0.4, 0.5) is 0 Å². The Morgan fingerprint density at radius 2 is 0.769 bits per heavy atom. The molecule has 2 heteroatoms. The lowest BCUT2D eigenvalue weighted by Gasteiger charge is -2.42. The van der Waals surface area contributed by atoms with Gasteiger partial charge in [-0.2, -0.15) is 0 Å². The summed E-state index contributed by atoms with van der Waals surface area (Å²) in [6, 6.07) is 57.9. The molecule has 0 saturated heterocycles. The highest BCUT2D eigenvalue weighted by Gasteiger charge is 2.33. The molecule has 0 saturated carbocycles. The summed E-state index contributed by atoms with van der Waals surface area (Å²) in [6.07, 6.45) is 0. The Morgan fingerprint density at radius 1 is 0.385 bits per heavy atom. The van der Waals surface area contributed by atoms with Gasteiger partial charge in [0.05, 0.1) is 11.0 Å². The molecule has 0 amide bonds. The second kappa shape index (κ2) is 9.65. The van der Waals surface area contributed by atoms with Gasteiger partial charge in [0, 0.05) is 36.0 Å². The van der Waals surface area contributed by atoms with Gasteiger partial charge in [0.15, 0.2) is 0 Å². The third-order valence-electron chi connectivity index (χ3n) is 7.60. The molecule has 0 radical (unpaired) electrons. The fraction of sp³-hybridized carbons (Fsp3) is 0.0270. The van der Waals surface area contributed by atoms with E-state index in [0.717, 1.165) is 0 Å². The van der Waals surface area contributed by atoms with E-state index in [-0.39, 0.29) is 0 Å². The van der Waals surface area contributed by atoms with Crippen LogP contribution in [0, 0.1) is 6.92 Å². The maximum absolute atomic E-state index is 2.39. The van der Waals surface area contributed by atoms with E-state index in [1.54, 1.807) is 0 Å². The van der Waals surface area contributed by atoms with Gasteiger partial charge in [0.2, 0.25) is 0 Å². The van der Waals surface area contributed by atoms with E-state index in [1.807, 2.05) is 0 Å². The lowest BCUT2D eigenvalue weighted by molar-refractivity contribution is 1.16. The summed E-state index contributed by atoms with van der Waals surface area (Å²) in [4.78, 5) is 5.35. The van der Waals surface area contributed by atoms with E-state index >= 15 is 0 Å². The normalized spacial score (nSPS) is 12.1. The molecule has 0 fully saturated rings. The van der Waals surface area contributed by atoms with Crippen molar-refractivity contribution in [3.05, 3.63) is 163 Å². The van der Waals surface area contributed by atoms with Gasteiger partial charge in [-0.3, -0.25) is 0 Å². The predicted octanol–water partition coefficient (Wildman–Crippen LogP) is 10.4. The third kappa shape index (κ3) is 3.79. The Balaban J connectivity index is 1.49. The van der Waals surface area contributed by atoms with Crippen LogP contribution in [0.3, 0.4) is 0 Å². The van der Waals surface area contributed by atoms with Gasteiger partial charge in [0.25, 0.3) is 0 Å². The number of rotatable bonds is 5. The van der Waals surface area contributed by atoms with Crippen LogP contribution in [0.2, 0.25) is 0 Å². The molecule has 39 heavy (non-hydrogen) atoms. The predicted molar refractivity (Wildman–Crippen MR) is 165 cm³/mol. The van der Waals surface area contributed by atoms with E-state index < -0.39 is 10.0 Å². The highest BCUT2D eigenvalue weighted by Crippen LogP contribution is 2.73. The zero-order valence-corrected chi connectivity index (χ0v) is 22.7. The molecule has 188 valence electrons. The van der Waals surface area contributed by atoms with Crippen molar-refractivity contribution in [2.75, 3.05) is 0 Å². The van der Waals surface area contributed by atoms with Crippen LogP contribution in [0.1, 0.15) is 5.56 Å². The van der Waals surface area contributed by atoms with Crippen molar-refractivity contribution in [2.45, 2.75) is 26.5 Å². The molecule has 1 nitrogen and oxygen atoms in total. The molecule has 6 aromatic carbocycles. The van der Waals surface area contributed by atoms with Crippen molar-refractivity contribution < 1.29 is 0 Å². The third-order valence-corrected chi connectivity index (χ3v) is 11.5. The van der Waals surface area contributed by atoms with Gasteiger partial charge >= 0.3 is 0 Å². The van der Waals surface area contributed by atoms with Gasteiger partial charge in [-0.25, -0.2) is 0 Å². The van der Waals surface area contributed by atoms with Crippen LogP contribution in [0.5, 0.6) is 0 Å². The Bertz CT molecular complexity index is 1790. The Hall–Kier alpha value is -4.53. The molecule has 0 N–H and O–H groups in total. The van der Waals surface area contributed by atoms with Gasteiger partial charge in [-0.15, -0.1) is 10.0 Å². The minimum absolute atomic E-state index is 1.18. The largest absolute Gasteiger partial charge is 0.309 e. The Morgan fingerprint density at radius 3 is 1.26 bits per heavy atom. The van der Waals surface area contributed by atoms with Crippen molar-refractivity contribution in [3.63, 3.8) is 0 Å². The molecule has 0 bridgehead atoms. The van der Waals surface area contributed by atoms with Gasteiger partial charge in [-0.05, 0) is 79.7 Å². The lowest BCUT2D eigenvalue weighted by atomic mass is 10.2. The maximum Gasteiger partial charge on any atom is 0.0541 e. The summed E-state index contributed by atoms with van der Waals surface area (Å²) in [5.74, 6) is 0. The zero-order valence-electron chi connectivity index (χ0n) is 21.9. The molecule has 0 spiro atoms. The summed E-state index contributed by atoms with van der Waals surface area (Å²) in [5.41, 5.74) is 4.91. The van der Waals surface area contributed by atoms with E-state index in [2.05, 4.69) is 169 Å². The van der Waals surface area contributed by atoms with Crippen LogP contribution in [-0.2, 0) is 0 Å². The number of benzene rings is 6. The van der Waals surface area contributed by atoms with E-state index in [4.69, 9.17) is 0 Å². The molecule has 0 aliphatic rings. The van der Waals surface area contributed by atoms with Gasteiger partial charge < -0.3 is 4.57 Å². The summed E-state index contributed by atoms with van der Waals surface area (Å²) in [7, 11) is -1.71. The number of hydrogen-bond donors (Lipinski definition) is 0. The Labute approximate surface area is 231 Å². The highest BCUT2D eigenvalue weighted by atomic mass is 32.3.